The number of carbonyl (C=O) groups excluding carboxylic acids is 2. The average molecular weight is 473 g/mol. The highest BCUT2D eigenvalue weighted by molar-refractivity contribution is 9.10. The van der Waals surface area contributed by atoms with Crippen molar-refractivity contribution in [3.63, 3.8) is 0 Å². The Morgan fingerprint density at radius 1 is 1.10 bits per heavy atom. The van der Waals surface area contributed by atoms with E-state index < -0.39 is 6.04 Å². The van der Waals surface area contributed by atoms with E-state index in [1.165, 1.54) is 0 Å². The van der Waals surface area contributed by atoms with Crippen LogP contribution in [0, 0.1) is 0 Å². The van der Waals surface area contributed by atoms with E-state index in [0.717, 1.165) is 35.7 Å². The molecule has 6 heteroatoms. The molecular formula is C24H29BrN2O3. The van der Waals surface area contributed by atoms with Gasteiger partial charge in [-0.2, -0.15) is 0 Å². The number of hydrogen-bond donors (Lipinski definition) is 1. The maximum atomic E-state index is 13.0. The quantitative estimate of drug-likeness (QED) is 0.590. The lowest BCUT2D eigenvalue weighted by atomic mass is 10.1. The van der Waals surface area contributed by atoms with Gasteiger partial charge in [0.15, 0.2) is 6.61 Å². The predicted octanol–water partition coefficient (Wildman–Crippen LogP) is 4.35. The summed E-state index contributed by atoms with van der Waals surface area (Å²) in [5.74, 6) is 0.340. The molecule has 5 nitrogen and oxygen atoms in total. The van der Waals surface area contributed by atoms with Crippen LogP contribution in [-0.4, -0.2) is 41.9 Å². The minimum absolute atomic E-state index is 0.0908. The monoisotopic (exact) mass is 472 g/mol. The van der Waals surface area contributed by atoms with Crippen LogP contribution in [0.5, 0.6) is 5.75 Å². The van der Waals surface area contributed by atoms with Crippen LogP contribution in [0.4, 0.5) is 0 Å². The van der Waals surface area contributed by atoms with Gasteiger partial charge in [-0.15, -0.1) is 0 Å². The first-order chi connectivity index (χ1) is 14.5. The number of amides is 2. The van der Waals surface area contributed by atoms with Crippen LogP contribution >= 0.6 is 15.9 Å². The summed E-state index contributed by atoms with van der Waals surface area (Å²) in [5.41, 5.74) is 1.13. The van der Waals surface area contributed by atoms with E-state index in [9.17, 15) is 9.59 Å². The number of ether oxygens (including phenoxy) is 1. The van der Waals surface area contributed by atoms with Crippen molar-refractivity contribution in [2.45, 2.75) is 51.1 Å². The molecule has 0 heterocycles. The van der Waals surface area contributed by atoms with Crippen molar-refractivity contribution < 1.29 is 14.3 Å². The van der Waals surface area contributed by atoms with E-state index in [1.54, 1.807) is 11.8 Å². The van der Waals surface area contributed by atoms with Crippen LogP contribution in [0.1, 0.15) is 38.2 Å². The summed E-state index contributed by atoms with van der Waals surface area (Å²) in [6.07, 6.45) is 5.02. The Labute approximate surface area is 186 Å². The second kappa shape index (κ2) is 11.2. The minimum atomic E-state index is -0.546. The molecule has 2 aromatic carbocycles. The molecular weight excluding hydrogens is 444 g/mol. The number of benzene rings is 2. The zero-order valence-corrected chi connectivity index (χ0v) is 18.9. The summed E-state index contributed by atoms with van der Waals surface area (Å²) in [7, 11) is 0. The molecule has 1 atom stereocenters. The van der Waals surface area contributed by atoms with Gasteiger partial charge in [-0.3, -0.25) is 9.59 Å². The minimum Gasteiger partial charge on any atom is -0.484 e. The normalized spacial score (nSPS) is 14.9. The van der Waals surface area contributed by atoms with E-state index in [4.69, 9.17) is 4.74 Å². The molecule has 1 fully saturated rings. The van der Waals surface area contributed by atoms with Crippen LogP contribution in [0.15, 0.2) is 59.1 Å². The first-order valence-electron chi connectivity index (χ1n) is 10.5. The van der Waals surface area contributed by atoms with Gasteiger partial charge in [-0.25, -0.2) is 0 Å². The van der Waals surface area contributed by atoms with Gasteiger partial charge in [-0.1, -0.05) is 59.1 Å². The molecule has 1 aliphatic carbocycles. The number of nitrogens with one attached hydrogen (secondary N) is 1. The summed E-state index contributed by atoms with van der Waals surface area (Å²) in [6.45, 7) is 2.16. The maximum absolute atomic E-state index is 13.0. The Hall–Kier alpha value is -2.34. The average Bonchev–Trinajstić information content (AvgIpc) is 3.27. The fourth-order valence-corrected chi connectivity index (χ4v) is 3.99. The highest BCUT2D eigenvalue weighted by Gasteiger charge is 2.28. The standard InChI is InChI=1S/C24H29BrN2O3/c1-18(24(29)26-21-9-5-6-10-21)27(16-15-19-7-3-2-4-8-19)23(28)17-30-22-13-11-20(25)12-14-22/h2-4,7-8,11-14,18,21H,5-6,9-10,15-17H2,1H3,(H,26,29). The van der Waals surface area contributed by atoms with Crippen molar-refractivity contribution in [1.29, 1.82) is 0 Å². The molecule has 30 heavy (non-hydrogen) atoms. The number of halogens is 1. The molecule has 0 aliphatic heterocycles. The first kappa shape index (κ1) is 22.3. The second-order valence-corrected chi connectivity index (χ2v) is 8.65. The molecule has 1 aliphatic rings. The third kappa shape index (κ3) is 6.59. The van der Waals surface area contributed by atoms with Crippen molar-refractivity contribution in [2.24, 2.45) is 0 Å². The molecule has 2 amide bonds. The predicted molar refractivity (Wildman–Crippen MR) is 121 cm³/mol. The van der Waals surface area contributed by atoms with Gasteiger partial charge in [0.25, 0.3) is 5.91 Å². The van der Waals surface area contributed by atoms with Gasteiger partial charge in [0.2, 0.25) is 5.91 Å². The molecule has 3 rings (SSSR count). The van der Waals surface area contributed by atoms with Crippen molar-refractivity contribution in [3.05, 3.63) is 64.6 Å². The third-order valence-corrected chi connectivity index (χ3v) is 6.06. The zero-order chi connectivity index (χ0) is 21.3. The van der Waals surface area contributed by atoms with Gasteiger partial charge in [0.1, 0.15) is 11.8 Å². The van der Waals surface area contributed by atoms with E-state index in [-0.39, 0.29) is 24.5 Å². The van der Waals surface area contributed by atoms with Crippen molar-refractivity contribution in [1.82, 2.24) is 10.2 Å². The molecule has 0 saturated heterocycles. The van der Waals surface area contributed by atoms with Gasteiger partial charge in [0.05, 0.1) is 0 Å². The van der Waals surface area contributed by atoms with Crippen molar-refractivity contribution >= 4 is 27.7 Å². The largest absolute Gasteiger partial charge is 0.484 e. The van der Waals surface area contributed by atoms with E-state index in [2.05, 4.69) is 21.2 Å². The Morgan fingerprint density at radius 3 is 2.43 bits per heavy atom. The molecule has 0 radical (unpaired) electrons. The van der Waals surface area contributed by atoms with E-state index in [0.29, 0.717) is 18.7 Å². The molecule has 2 aromatic rings. The zero-order valence-electron chi connectivity index (χ0n) is 17.4. The SMILES string of the molecule is CC(C(=O)NC1CCCC1)N(CCc1ccccc1)C(=O)COc1ccc(Br)cc1. The fraction of sp³-hybridized carbons (Fsp3) is 0.417. The van der Waals surface area contributed by atoms with E-state index in [1.807, 2.05) is 54.6 Å². The molecule has 0 bridgehead atoms. The maximum Gasteiger partial charge on any atom is 0.261 e. The van der Waals surface area contributed by atoms with E-state index >= 15 is 0 Å². The van der Waals surface area contributed by atoms with Crippen LogP contribution in [0.2, 0.25) is 0 Å². The molecule has 1 saturated carbocycles. The Morgan fingerprint density at radius 2 is 1.77 bits per heavy atom. The fourth-order valence-electron chi connectivity index (χ4n) is 3.72. The molecule has 0 spiro atoms. The van der Waals surface area contributed by atoms with Crippen LogP contribution in [-0.2, 0) is 16.0 Å². The van der Waals surface area contributed by atoms with Gasteiger partial charge in [-0.05, 0) is 56.0 Å². The van der Waals surface area contributed by atoms with Crippen LogP contribution in [0.3, 0.4) is 0 Å². The van der Waals surface area contributed by atoms with Crippen molar-refractivity contribution in [2.75, 3.05) is 13.2 Å². The smallest absolute Gasteiger partial charge is 0.261 e. The Kier molecular flexibility index (Phi) is 8.31. The number of rotatable bonds is 9. The topological polar surface area (TPSA) is 58.6 Å². The Bertz CT molecular complexity index is 820. The van der Waals surface area contributed by atoms with Gasteiger partial charge < -0.3 is 15.0 Å². The number of nitrogens with zero attached hydrogens (tertiary/aromatic N) is 1. The number of carbonyl (C=O) groups is 2. The highest BCUT2D eigenvalue weighted by Crippen LogP contribution is 2.19. The molecule has 1 N–H and O–H groups in total. The summed E-state index contributed by atoms with van der Waals surface area (Å²) in [5, 5.41) is 3.11. The second-order valence-electron chi connectivity index (χ2n) is 7.73. The lowest BCUT2D eigenvalue weighted by molar-refractivity contribution is -0.141. The third-order valence-electron chi connectivity index (χ3n) is 5.53. The van der Waals surface area contributed by atoms with Gasteiger partial charge >= 0.3 is 0 Å². The number of hydrogen-bond acceptors (Lipinski definition) is 3. The first-order valence-corrected chi connectivity index (χ1v) is 11.3. The van der Waals surface area contributed by atoms with Crippen LogP contribution in [0.25, 0.3) is 0 Å². The highest BCUT2D eigenvalue weighted by atomic mass is 79.9. The molecule has 1 unspecified atom stereocenters. The van der Waals surface area contributed by atoms with Crippen molar-refractivity contribution in [3.8, 4) is 5.75 Å². The van der Waals surface area contributed by atoms with Crippen LogP contribution < -0.4 is 10.1 Å². The lowest BCUT2D eigenvalue weighted by Crippen LogP contribution is -2.51. The van der Waals surface area contributed by atoms with Gasteiger partial charge in [0, 0.05) is 17.1 Å². The Balaban J connectivity index is 1.64. The molecule has 160 valence electrons. The summed E-state index contributed by atoms with van der Waals surface area (Å²) >= 11 is 3.39. The summed E-state index contributed by atoms with van der Waals surface area (Å²) in [4.78, 5) is 27.5. The summed E-state index contributed by atoms with van der Waals surface area (Å²) in [6, 6.07) is 17.0. The lowest BCUT2D eigenvalue weighted by Gasteiger charge is -2.29. The summed E-state index contributed by atoms with van der Waals surface area (Å²) < 4.78 is 6.62. The molecule has 0 aromatic heterocycles.